The summed E-state index contributed by atoms with van der Waals surface area (Å²) < 4.78 is 0. The molecule has 64 heavy (non-hydrogen) atoms. The molecule has 10 rings (SSSR count). The number of hydrogen-bond donors (Lipinski definition) is 0. The molecule has 2 nitrogen and oxygen atoms in total. The normalized spacial score (nSPS) is 11.8. The molecule has 0 amide bonds. The van der Waals surface area contributed by atoms with Gasteiger partial charge in [-0.15, -0.1) is 0 Å². The van der Waals surface area contributed by atoms with E-state index in [4.69, 9.17) is 0 Å². The van der Waals surface area contributed by atoms with Crippen LogP contribution >= 0.6 is 0 Å². The molecule has 0 aliphatic carbocycles. The molecule has 10 aromatic rings. The fraction of sp³-hybridized carbons (Fsp3) is 0.161. The molecule has 0 saturated carbocycles. The molecule has 0 aromatic heterocycles. The highest BCUT2D eigenvalue weighted by molar-refractivity contribution is 6.30. The largest absolute Gasteiger partial charge is 0.309 e. The fourth-order valence-corrected chi connectivity index (χ4v) is 9.73. The molecule has 314 valence electrons. The van der Waals surface area contributed by atoms with Crippen LogP contribution in [0.3, 0.4) is 0 Å². The lowest BCUT2D eigenvalue weighted by molar-refractivity contribution is 0.591. The number of hydrogen-bond acceptors (Lipinski definition) is 2. The third-order valence-electron chi connectivity index (χ3n) is 13.3. The summed E-state index contributed by atoms with van der Waals surface area (Å²) in [6.45, 7) is 20.4. The van der Waals surface area contributed by atoms with Gasteiger partial charge in [0, 0.05) is 38.9 Å². The summed E-state index contributed by atoms with van der Waals surface area (Å²) in [5.41, 5.74) is 20.5. The summed E-state index contributed by atoms with van der Waals surface area (Å²) in [5.74, 6) is 0. The van der Waals surface area contributed by atoms with Crippen LogP contribution in [0.2, 0.25) is 0 Å². The summed E-state index contributed by atoms with van der Waals surface area (Å²) >= 11 is 0. The Morgan fingerprint density at radius 1 is 0.312 bits per heavy atom. The molecule has 0 bridgehead atoms. The Hall–Kier alpha value is -7.16. The standard InChI is InChI=1S/C62H56N2/c1-39-23-25-41(3)54(31-39)63(56-35-47(29-27-43(56)5)45-17-12-10-13-18-45)58-37-49-33-51(62(7,8)9)34-50-38-59(53-22-16-21-52(58)61(53)60(49)50)64(55-32-40(2)24-26-42(55)4)57-36-48(30-28-44(57)6)46-19-14-11-15-20-46/h10-38H,1-9H3. The summed E-state index contributed by atoms with van der Waals surface area (Å²) in [7, 11) is 0. The van der Waals surface area contributed by atoms with E-state index in [9.17, 15) is 0 Å². The van der Waals surface area contributed by atoms with Gasteiger partial charge in [-0.2, -0.15) is 0 Å². The Morgan fingerprint density at radius 3 is 1.11 bits per heavy atom. The van der Waals surface area contributed by atoms with Crippen molar-refractivity contribution in [3.8, 4) is 22.3 Å². The lowest BCUT2D eigenvalue weighted by atomic mass is 9.82. The fourth-order valence-electron chi connectivity index (χ4n) is 9.73. The Bertz CT molecular complexity index is 3160. The minimum absolute atomic E-state index is 0.0778. The van der Waals surface area contributed by atoms with Crippen LogP contribution in [0.1, 0.15) is 59.7 Å². The first-order valence-electron chi connectivity index (χ1n) is 22.7. The van der Waals surface area contributed by atoms with Crippen molar-refractivity contribution in [2.45, 2.75) is 67.7 Å². The lowest BCUT2D eigenvalue weighted by Gasteiger charge is -2.33. The van der Waals surface area contributed by atoms with Crippen LogP contribution in [0.5, 0.6) is 0 Å². The zero-order chi connectivity index (χ0) is 44.4. The first kappa shape index (κ1) is 40.9. The van der Waals surface area contributed by atoms with E-state index in [1.54, 1.807) is 0 Å². The van der Waals surface area contributed by atoms with Crippen molar-refractivity contribution in [1.29, 1.82) is 0 Å². The van der Waals surface area contributed by atoms with Crippen molar-refractivity contribution in [3.63, 3.8) is 0 Å². The quantitative estimate of drug-likeness (QED) is 0.141. The van der Waals surface area contributed by atoms with Crippen LogP contribution in [-0.2, 0) is 5.41 Å². The molecule has 0 radical (unpaired) electrons. The number of nitrogens with zero attached hydrogens (tertiary/aromatic N) is 2. The van der Waals surface area contributed by atoms with Crippen LogP contribution in [0.4, 0.5) is 34.1 Å². The molecule has 0 spiro atoms. The summed E-state index contributed by atoms with van der Waals surface area (Å²) in [4.78, 5) is 5.11. The molecule has 0 saturated heterocycles. The maximum atomic E-state index is 2.56. The number of anilines is 6. The lowest BCUT2D eigenvalue weighted by Crippen LogP contribution is -2.16. The van der Waals surface area contributed by atoms with Crippen LogP contribution < -0.4 is 9.80 Å². The monoisotopic (exact) mass is 828 g/mol. The van der Waals surface area contributed by atoms with E-state index in [2.05, 4.69) is 248 Å². The Balaban J connectivity index is 1.35. The van der Waals surface area contributed by atoms with E-state index in [1.807, 2.05) is 0 Å². The maximum Gasteiger partial charge on any atom is 0.0546 e. The van der Waals surface area contributed by atoms with Crippen molar-refractivity contribution >= 4 is 66.4 Å². The molecule has 0 heterocycles. The average Bonchev–Trinajstić information content (AvgIpc) is 3.29. The average molecular weight is 829 g/mol. The highest BCUT2D eigenvalue weighted by Crippen LogP contribution is 2.52. The van der Waals surface area contributed by atoms with Crippen LogP contribution in [0.15, 0.2) is 176 Å². The van der Waals surface area contributed by atoms with E-state index in [1.165, 1.54) is 128 Å². The SMILES string of the molecule is Cc1ccc(C)c(N(c2cc(-c3ccccc3)ccc2C)c2cc3cc(C(C)(C)C)cc4cc(N(c5cc(C)ccc5C)c5cc(-c6ccccc6)ccc5C)c5cccc2c5c34)c1. The third-order valence-corrected chi connectivity index (χ3v) is 13.3. The minimum atomic E-state index is -0.0778. The molecule has 2 heteroatoms. The molecule has 0 aliphatic rings. The summed E-state index contributed by atoms with van der Waals surface area (Å²) in [6, 6.07) is 66.0. The van der Waals surface area contributed by atoms with Crippen LogP contribution in [0.25, 0.3) is 54.6 Å². The highest BCUT2D eigenvalue weighted by atomic mass is 15.2. The smallest absolute Gasteiger partial charge is 0.0546 e. The van der Waals surface area contributed by atoms with Gasteiger partial charge in [0.05, 0.1) is 11.4 Å². The van der Waals surface area contributed by atoms with Crippen LogP contribution in [-0.4, -0.2) is 0 Å². The summed E-state index contributed by atoms with van der Waals surface area (Å²) in [6.07, 6.45) is 0. The van der Waals surface area contributed by atoms with Gasteiger partial charge in [0.15, 0.2) is 0 Å². The van der Waals surface area contributed by atoms with E-state index in [0.29, 0.717) is 0 Å². The van der Waals surface area contributed by atoms with Crippen molar-refractivity contribution in [2.24, 2.45) is 0 Å². The number of rotatable bonds is 8. The molecule has 0 unspecified atom stereocenters. The van der Waals surface area contributed by atoms with Crippen molar-refractivity contribution in [2.75, 3.05) is 9.80 Å². The first-order chi connectivity index (χ1) is 30.8. The van der Waals surface area contributed by atoms with Gasteiger partial charge in [0.1, 0.15) is 0 Å². The Kier molecular flexibility index (Phi) is 10.1. The van der Waals surface area contributed by atoms with E-state index < -0.39 is 0 Å². The maximum absolute atomic E-state index is 2.56. The predicted molar refractivity (Wildman–Crippen MR) is 278 cm³/mol. The van der Waals surface area contributed by atoms with Crippen LogP contribution in [0, 0.1) is 41.5 Å². The first-order valence-corrected chi connectivity index (χ1v) is 22.7. The Morgan fingerprint density at radius 2 is 0.703 bits per heavy atom. The van der Waals surface area contributed by atoms with Gasteiger partial charge in [-0.3, -0.25) is 0 Å². The molecular formula is C62H56N2. The highest BCUT2D eigenvalue weighted by Gasteiger charge is 2.27. The minimum Gasteiger partial charge on any atom is -0.309 e. The van der Waals surface area contributed by atoms with Gasteiger partial charge >= 0.3 is 0 Å². The van der Waals surface area contributed by atoms with Gasteiger partial charge in [-0.05, 0) is 161 Å². The topological polar surface area (TPSA) is 6.48 Å². The second-order valence-electron chi connectivity index (χ2n) is 19.1. The number of aryl methyl sites for hydroxylation is 6. The van der Waals surface area contributed by atoms with Gasteiger partial charge in [0.2, 0.25) is 0 Å². The summed E-state index contributed by atoms with van der Waals surface area (Å²) in [5, 5.41) is 7.53. The third kappa shape index (κ3) is 7.18. The second-order valence-corrected chi connectivity index (χ2v) is 19.1. The van der Waals surface area contributed by atoms with Gasteiger partial charge in [-0.1, -0.05) is 160 Å². The van der Waals surface area contributed by atoms with Crippen molar-refractivity contribution in [1.82, 2.24) is 0 Å². The van der Waals surface area contributed by atoms with Gasteiger partial charge < -0.3 is 9.80 Å². The molecule has 0 fully saturated rings. The molecule has 0 N–H and O–H groups in total. The Labute approximate surface area is 379 Å². The second kappa shape index (κ2) is 15.9. The van der Waals surface area contributed by atoms with Gasteiger partial charge in [-0.25, -0.2) is 0 Å². The van der Waals surface area contributed by atoms with Gasteiger partial charge in [0.25, 0.3) is 0 Å². The van der Waals surface area contributed by atoms with Crippen molar-refractivity contribution in [3.05, 3.63) is 215 Å². The van der Waals surface area contributed by atoms with E-state index in [0.717, 1.165) is 0 Å². The molecular weight excluding hydrogens is 773 g/mol. The van der Waals surface area contributed by atoms with E-state index >= 15 is 0 Å². The zero-order valence-corrected chi connectivity index (χ0v) is 38.6. The number of benzene rings is 10. The predicted octanol–water partition coefficient (Wildman–Crippen LogP) is 18.0. The molecule has 0 atom stereocenters. The molecule has 10 aromatic carbocycles. The van der Waals surface area contributed by atoms with E-state index in [-0.39, 0.29) is 5.41 Å². The molecule has 0 aliphatic heterocycles. The van der Waals surface area contributed by atoms with Crippen molar-refractivity contribution < 1.29 is 0 Å². The zero-order valence-electron chi connectivity index (χ0n) is 38.6.